The highest BCUT2D eigenvalue weighted by Crippen LogP contribution is 2.04. The van der Waals surface area contributed by atoms with Gasteiger partial charge in [-0.15, -0.1) is 0 Å². The van der Waals surface area contributed by atoms with E-state index in [0.29, 0.717) is 12.0 Å². The van der Waals surface area contributed by atoms with Crippen LogP contribution in [0.25, 0.3) is 0 Å². The van der Waals surface area contributed by atoms with Crippen LogP contribution in [-0.4, -0.2) is 17.1 Å². The zero-order valence-electron chi connectivity index (χ0n) is 6.13. The standard InChI is InChI=1S/C7H13NO2/c1-3-4-5(2)6(8)7(9)10/h6H,2-4,8H2,1H3,(H,9,10)/t6-/m0/s1. The maximum Gasteiger partial charge on any atom is 0.324 e. The molecule has 0 heterocycles. The Labute approximate surface area is 60.5 Å². The molecule has 0 aromatic carbocycles. The maximum absolute atomic E-state index is 10.2. The van der Waals surface area contributed by atoms with Gasteiger partial charge in [0.1, 0.15) is 6.04 Å². The Bertz CT molecular complexity index is 143. The molecule has 0 aliphatic rings. The molecule has 0 saturated carbocycles. The summed E-state index contributed by atoms with van der Waals surface area (Å²) in [6.07, 6.45) is 1.58. The van der Waals surface area contributed by atoms with Crippen LogP contribution in [0.2, 0.25) is 0 Å². The summed E-state index contributed by atoms with van der Waals surface area (Å²) in [4.78, 5) is 10.2. The summed E-state index contributed by atoms with van der Waals surface area (Å²) in [5.41, 5.74) is 5.84. The quantitative estimate of drug-likeness (QED) is 0.571. The highest BCUT2D eigenvalue weighted by molar-refractivity contribution is 5.76. The number of rotatable bonds is 4. The molecule has 58 valence electrons. The van der Waals surface area contributed by atoms with E-state index in [0.717, 1.165) is 6.42 Å². The van der Waals surface area contributed by atoms with Crippen LogP contribution >= 0.6 is 0 Å². The van der Waals surface area contributed by atoms with Gasteiger partial charge >= 0.3 is 5.97 Å². The summed E-state index contributed by atoms with van der Waals surface area (Å²) in [6.45, 7) is 5.52. The van der Waals surface area contributed by atoms with Crippen LogP contribution < -0.4 is 5.73 Å². The van der Waals surface area contributed by atoms with Crippen LogP contribution in [-0.2, 0) is 4.79 Å². The highest BCUT2D eigenvalue weighted by Gasteiger charge is 2.13. The third kappa shape index (κ3) is 2.64. The number of carboxylic acids is 1. The Morgan fingerprint density at radius 1 is 1.80 bits per heavy atom. The highest BCUT2D eigenvalue weighted by atomic mass is 16.4. The van der Waals surface area contributed by atoms with Gasteiger partial charge in [0.05, 0.1) is 0 Å². The third-order valence-corrected chi connectivity index (χ3v) is 1.28. The van der Waals surface area contributed by atoms with Crippen molar-refractivity contribution in [1.82, 2.24) is 0 Å². The van der Waals surface area contributed by atoms with E-state index in [4.69, 9.17) is 10.8 Å². The maximum atomic E-state index is 10.2. The van der Waals surface area contributed by atoms with Crippen LogP contribution in [0.1, 0.15) is 19.8 Å². The molecule has 3 N–H and O–H groups in total. The average molecular weight is 143 g/mol. The Balaban J connectivity index is 3.82. The molecular formula is C7H13NO2. The van der Waals surface area contributed by atoms with Crippen molar-refractivity contribution < 1.29 is 9.90 Å². The fraction of sp³-hybridized carbons (Fsp3) is 0.571. The fourth-order valence-electron chi connectivity index (χ4n) is 0.651. The molecule has 3 heteroatoms. The van der Waals surface area contributed by atoms with Crippen LogP contribution in [0, 0.1) is 0 Å². The second-order valence-electron chi connectivity index (χ2n) is 2.22. The van der Waals surface area contributed by atoms with Gasteiger partial charge in [0.2, 0.25) is 0 Å². The number of nitrogens with two attached hydrogens (primary N) is 1. The molecule has 0 radical (unpaired) electrons. The van der Waals surface area contributed by atoms with E-state index < -0.39 is 12.0 Å². The van der Waals surface area contributed by atoms with Gasteiger partial charge in [0, 0.05) is 0 Å². The fourth-order valence-corrected chi connectivity index (χ4v) is 0.651. The summed E-state index contributed by atoms with van der Waals surface area (Å²) in [6, 6.07) is -0.889. The van der Waals surface area contributed by atoms with Crippen molar-refractivity contribution in [3.8, 4) is 0 Å². The SMILES string of the molecule is C=C(CCC)[C@H](N)C(=O)O. The zero-order valence-corrected chi connectivity index (χ0v) is 6.13. The number of hydrogen-bond donors (Lipinski definition) is 2. The molecule has 0 saturated heterocycles. The van der Waals surface area contributed by atoms with Gasteiger partial charge < -0.3 is 10.8 Å². The Morgan fingerprint density at radius 2 is 2.30 bits per heavy atom. The normalized spacial score (nSPS) is 12.6. The Kier molecular flexibility index (Phi) is 3.72. The lowest BCUT2D eigenvalue weighted by atomic mass is 10.1. The van der Waals surface area contributed by atoms with E-state index in [9.17, 15) is 4.79 Å². The summed E-state index contributed by atoms with van der Waals surface area (Å²) < 4.78 is 0. The molecule has 10 heavy (non-hydrogen) atoms. The van der Waals surface area contributed by atoms with E-state index in [1.54, 1.807) is 0 Å². The molecule has 0 fully saturated rings. The van der Waals surface area contributed by atoms with Gasteiger partial charge in [-0.2, -0.15) is 0 Å². The molecular weight excluding hydrogens is 130 g/mol. The Hall–Kier alpha value is -0.830. The lowest BCUT2D eigenvalue weighted by molar-refractivity contribution is -0.137. The van der Waals surface area contributed by atoms with Gasteiger partial charge in [-0.25, -0.2) is 0 Å². The van der Waals surface area contributed by atoms with Gasteiger partial charge in [0.25, 0.3) is 0 Å². The van der Waals surface area contributed by atoms with Crippen molar-refractivity contribution in [1.29, 1.82) is 0 Å². The summed E-state index contributed by atoms with van der Waals surface area (Å²) in [7, 11) is 0. The molecule has 1 atom stereocenters. The van der Waals surface area contributed by atoms with E-state index in [-0.39, 0.29) is 0 Å². The van der Waals surface area contributed by atoms with Crippen molar-refractivity contribution in [2.24, 2.45) is 5.73 Å². The topological polar surface area (TPSA) is 63.3 Å². The average Bonchev–Trinajstić information content (AvgIpc) is 1.87. The minimum absolute atomic E-state index is 0.593. The summed E-state index contributed by atoms with van der Waals surface area (Å²) >= 11 is 0. The smallest absolute Gasteiger partial charge is 0.324 e. The largest absolute Gasteiger partial charge is 0.480 e. The first kappa shape index (κ1) is 9.17. The van der Waals surface area contributed by atoms with Crippen molar-refractivity contribution >= 4 is 5.97 Å². The summed E-state index contributed by atoms with van der Waals surface area (Å²) in [5.74, 6) is -1.00. The molecule has 0 aromatic rings. The van der Waals surface area contributed by atoms with E-state index in [2.05, 4.69) is 6.58 Å². The minimum Gasteiger partial charge on any atom is -0.480 e. The number of carboxylic acid groups (broad SMARTS) is 1. The molecule has 0 rings (SSSR count). The number of carbonyl (C=O) groups is 1. The molecule has 3 nitrogen and oxygen atoms in total. The van der Waals surface area contributed by atoms with Crippen LogP contribution in [0.3, 0.4) is 0 Å². The Morgan fingerprint density at radius 3 is 2.60 bits per heavy atom. The second-order valence-corrected chi connectivity index (χ2v) is 2.22. The van der Waals surface area contributed by atoms with Crippen molar-refractivity contribution in [3.63, 3.8) is 0 Å². The van der Waals surface area contributed by atoms with Gasteiger partial charge in [-0.1, -0.05) is 19.9 Å². The summed E-state index contributed by atoms with van der Waals surface area (Å²) in [5, 5.41) is 8.39. The van der Waals surface area contributed by atoms with Crippen LogP contribution in [0.5, 0.6) is 0 Å². The second kappa shape index (κ2) is 4.06. The van der Waals surface area contributed by atoms with Crippen molar-refractivity contribution in [2.45, 2.75) is 25.8 Å². The van der Waals surface area contributed by atoms with Crippen LogP contribution in [0.4, 0.5) is 0 Å². The molecule has 0 amide bonds. The van der Waals surface area contributed by atoms with Crippen molar-refractivity contribution in [3.05, 3.63) is 12.2 Å². The van der Waals surface area contributed by atoms with Crippen LogP contribution in [0.15, 0.2) is 12.2 Å². The molecule has 0 aromatic heterocycles. The van der Waals surface area contributed by atoms with Crippen molar-refractivity contribution in [2.75, 3.05) is 0 Å². The zero-order chi connectivity index (χ0) is 8.15. The molecule has 0 aliphatic heterocycles. The number of hydrogen-bond acceptors (Lipinski definition) is 2. The van der Waals surface area contributed by atoms with E-state index in [1.165, 1.54) is 0 Å². The predicted molar refractivity (Wildman–Crippen MR) is 39.7 cm³/mol. The lowest BCUT2D eigenvalue weighted by Gasteiger charge is -2.07. The monoisotopic (exact) mass is 143 g/mol. The van der Waals surface area contributed by atoms with Gasteiger partial charge in [-0.3, -0.25) is 4.79 Å². The molecule has 0 bridgehead atoms. The van der Waals surface area contributed by atoms with E-state index in [1.807, 2.05) is 6.92 Å². The minimum atomic E-state index is -1.00. The molecule has 0 aliphatic carbocycles. The lowest BCUT2D eigenvalue weighted by Crippen LogP contribution is -2.31. The first-order valence-corrected chi connectivity index (χ1v) is 3.25. The third-order valence-electron chi connectivity index (χ3n) is 1.28. The first-order valence-electron chi connectivity index (χ1n) is 3.25. The van der Waals surface area contributed by atoms with Gasteiger partial charge in [0.15, 0.2) is 0 Å². The predicted octanol–water partition coefficient (Wildman–Crippen LogP) is 0.755. The van der Waals surface area contributed by atoms with Gasteiger partial charge in [-0.05, 0) is 12.0 Å². The molecule has 0 spiro atoms. The molecule has 0 unspecified atom stereocenters. The van der Waals surface area contributed by atoms with E-state index >= 15 is 0 Å². The number of aliphatic carboxylic acids is 1. The first-order chi connectivity index (χ1) is 4.59.